The predicted octanol–water partition coefficient (Wildman–Crippen LogP) is 2.53. The number of pyridine rings is 1. The van der Waals surface area contributed by atoms with Crippen molar-refractivity contribution in [3.63, 3.8) is 0 Å². The number of hydrogen-bond acceptors (Lipinski definition) is 4. The minimum atomic E-state index is -0.106. The van der Waals surface area contributed by atoms with Crippen LogP contribution < -0.4 is 5.32 Å². The summed E-state index contributed by atoms with van der Waals surface area (Å²) in [5.74, 6) is -0.106. The summed E-state index contributed by atoms with van der Waals surface area (Å²) in [4.78, 5) is 16.4. The molecule has 1 fully saturated rings. The number of amides is 1. The molecule has 0 radical (unpaired) electrons. The van der Waals surface area contributed by atoms with Gasteiger partial charge < -0.3 is 10.1 Å². The zero-order chi connectivity index (χ0) is 16.1. The van der Waals surface area contributed by atoms with Crippen LogP contribution in [0.2, 0.25) is 0 Å². The van der Waals surface area contributed by atoms with Crippen molar-refractivity contribution in [2.24, 2.45) is 0 Å². The van der Waals surface area contributed by atoms with Crippen molar-refractivity contribution in [3.8, 4) is 17.3 Å². The lowest BCUT2D eigenvalue weighted by atomic mass is 10.1. The van der Waals surface area contributed by atoms with Gasteiger partial charge in [-0.2, -0.15) is 5.26 Å². The van der Waals surface area contributed by atoms with Crippen molar-refractivity contribution in [1.29, 1.82) is 5.26 Å². The van der Waals surface area contributed by atoms with E-state index in [9.17, 15) is 4.79 Å². The quantitative estimate of drug-likeness (QED) is 0.942. The van der Waals surface area contributed by atoms with Crippen LogP contribution in [0.25, 0.3) is 11.3 Å². The molecule has 5 nitrogen and oxygen atoms in total. The largest absolute Gasteiger partial charge is 0.376 e. The highest BCUT2D eigenvalue weighted by molar-refractivity contribution is 5.94. The van der Waals surface area contributed by atoms with Crippen LogP contribution in [0.3, 0.4) is 0 Å². The summed E-state index contributed by atoms with van der Waals surface area (Å²) in [6.45, 7) is 1.33. The number of nitrogens with zero attached hydrogens (tertiary/aromatic N) is 2. The summed E-state index contributed by atoms with van der Waals surface area (Å²) in [6.07, 6.45) is 2.19. The average Bonchev–Trinajstić information content (AvgIpc) is 3.13. The lowest BCUT2D eigenvalue weighted by Crippen LogP contribution is -2.31. The fourth-order valence-electron chi connectivity index (χ4n) is 2.56. The molecule has 1 aliphatic heterocycles. The first kappa shape index (κ1) is 15.2. The molecule has 1 N–H and O–H groups in total. The van der Waals surface area contributed by atoms with Gasteiger partial charge in [-0.25, -0.2) is 4.98 Å². The first-order valence-corrected chi connectivity index (χ1v) is 7.63. The second-order valence-electron chi connectivity index (χ2n) is 5.44. The number of ether oxygens (including phenoxy) is 1. The average molecular weight is 307 g/mol. The number of carbonyl (C=O) groups excluding carboxylic acids is 1. The molecule has 0 unspecified atom stereocenters. The van der Waals surface area contributed by atoms with E-state index in [2.05, 4.69) is 10.3 Å². The van der Waals surface area contributed by atoms with Gasteiger partial charge in [0, 0.05) is 24.3 Å². The second kappa shape index (κ2) is 7.03. The van der Waals surface area contributed by atoms with Gasteiger partial charge in [-0.05, 0) is 37.1 Å². The molecule has 0 saturated carbocycles. The molecule has 23 heavy (non-hydrogen) atoms. The maximum atomic E-state index is 12.1. The molecule has 0 bridgehead atoms. The maximum Gasteiger partial charge on any atom is 0.251 e. The van der Waals surface area contributed by atoms with E-state index in [1.165, 1.54) is 0 Å². The normalized spacial score (nSPS) is 16.7. The third kappa shape index (κ3) is 3.74. The Kier molecular flexibility index (Phi) is 4.65. The van der Waals surface area contributed by atoms with Crippen molar-refractivity contribution in [2.75, 3.05) is 13.2 Å². The van der Waals surface area contributed by atoms with Gasteiger partial charge in [0.25, 0.3) is 5.91 Å². The molecule has 0 aliphatic carbocycles. The predicted molar refractivity (Wildman–Crippen MR) is 85.7 cm³/mol. The third-order valence-electron chi connectivity index (χ3n) is 3.82. The minimum absolute atomic E-state index is 0.106. The summed E-state index contributed by atoms with van der Waals surface area (Å²) in [5.41, 5.74) is 2.57. The van der Waals surface area contributed by atoms with E-state index in [1.807, 2.05) is 24.3 Å². The Bertz CT molecular complexity index is 729. The van der Waals surface area contributed by atoms with E-state index in [-0.39, 0.29) is 12.0 Å². The Hall–Kier alpha value is -2.71. The van der Waals surface area contributed by atoms with E-state index in [0.717, 1.165) is 30.7 Å². The van der Waals surface area contributed by atoms with Gasteiger partial charge in [0.2, 0.25) is 0 Å². The summed E-state index contributed by atoms with van der Waals surface area (Å²) in [5, 5.41) is 11.8. The van der Waals surface area contributed by atoms with Crippen LogP contribution in [-0.4, -0.2) is 30.1 Å². The zero-order valence-electron chi connectivity index (χ0n) is 12.7. The van der Waals surface area contributed by atoms with Crippen LogP contribution >= 0.6 is 0 Å². The highest BCUT2D eigenvalue weighted by Gasteiger charge is 2.16. The molecule has 116 valence electrons. The maximum absolute atomic E-state index is 12.1. The van der Waals surface area contributed by atoms with E-state index >= 15 is 0 Å². The van der Waals surface area contributed by atoms with E-state index in [4.69, 9.17) is 10.00 Å². The second-order valence-corrected chi connectivity index (χ2v) is 5.44. The Morgan fingerprint density at radius 1 is 1.30 bits per heavy atom. The number of aromatic nitrogens is 1. The Labute approximate surface area is 134 Å². The van der Waals surface area contributed by atoms with Crippen molar-refractivity contribution >= 4 is 5.91 Å². The molecule has 0 spiro atoms. The molecule has 5 heteroatoms. The third-order valence-corrected chi connectivity index (χ3v) is 3.82. The summed E-state index contributed by atoms with van der Waals surface area (Å²) in [7, 11) is 0. The van der Waals surface area contributed by atoms with Crippen LogP contribution in [-0.2, 0) is 4.74 Å². The van der Waals surface area contributed by atoms with Gasteiger partial charge in [0.05, 0.1) is 11.8 Å². The highest BCUT2D eigenvalue weighted by Crippen LogP contribution is 2.18. The van der Waals surface area contributed by atoms with E-state index in [0.29, 0.717) is 17.8 Å². The molecule has 2 heterocycles. The minimum Gasteiger partial charge on any atom is -0.376 e. The molecular formula is C18H17N3O2. The number of benzene rings is 1. The van der Waals surface area contributed by atoms with Crippen LogP contribution in [0.15, 0.2) is 42.5 Å². The molecule has 1 amide bonds. The van der Waals surface area contributed by atoms with Crippen molar-refractivity contribution < 1.29 is 9.53 Å². The SMILES string of the molecule is N#Cc1cccc(-c2ccc(C(=O)NC[C@H]3CCCO3)cc2)n1. The molecular weight excluding hydrogens is 290 g/mol. The van der Waals surface area contributed by atoms with Gasteiger partial charge in [0.1, 0.15) is 11.8 Å². The number of nitrogens with one attached hydrogen (secondary N) is 1. The fraction of sp³-hybridized carbons (Fsp3) is 0.278. The van der Waals surface area contributed by atoms with Crippen molar-refractivity contribution in [2.45, 2.75) is 18.9 Å². The van der Waals surface area contributed by atoms with E-state index < -0.39 is 0 Å². The first-order chi connectivity index (χ1) is 11.3. The molecule has 1 atom stereocenters. The molecule has 2 aromatic rings. The zero-order valence-corrected chi connectivity index (χ0v) is 12.7. The number of hydrogen-bond donors (Lipinski definition) is 1. The van der Waals surface area contributed by atoms with Crippen molar-refractivity contribution in [1.82, 2.24) is 10.3 Å². The Morgan fingerprint density at radius 2 is 2.13 bits per heavy atom. The molecule has 3 rings (SSSR count). The number of carbonyl (C=O) groups is 1. The smallest absolute Gasteiger partial charge is 0.251 e. The van der Waals surface area contributed by atoms with Gasteiger partial charge in [0.15, 0.2) is 0 Å². The summed E-state index contributed by atoms with van der Waals surface area (Å²) >= 11 is 0. The molecule has 1 saturated heterocycles. The van der Waals surface area contributed by atoms with E-state index in [1.54, 1.807) is 24.3 Å². The van der Waals surface area contributed by atoms with Gasteiger partial charge in [-0.15, -0.1) is 0 Å². The van der Waals surface area contributed by atoms with Crippen molar-refractivity contribution in [3.05, 3.63) is 53.7 Å². The Morgan fingerprint density at radius 3 is 2.83 bits per heavy atom. The van der Waals surface area contributed by atoms with Crippen LogP contribution in [0.5, 0.6) is 0 Å². The summed E-state index contributed by atoms with van der Waals surface area (Å²) < 4.78 is 5.49. The lowest BCUT2D eigenvalue weighted by molar-refractivity contribution is 0.0858. The van der Waals surface area contributed by atoms with Gasteiger partial charge >= 0.3 is 0 Å². The summed E-state index contributed by atoms with van der Waals surface area (Å²) in [6, 6.07) is 14.5. The lowest BCUT2D eigenvalue weighted by Gasteiger charge is -2.11. The monoisotopic (exact) mass is 307 g/mol. The molecule has 1 aliphatic rings. The van der Waals surface area contributed by atoms with Gasteiger partial charge in [-0.1, -0.05) is 18.2 Å². The van der Waals surface area contributed by atoms with Crippen LogP contribution in [0, 0.1) is 11.3 Å². The molecule has 1 aromatic carbocycles. The first-order valence-electron chi connectivity index (χ1n) is 7.63. The highest BCUT2D eigenvalue weighted by atomic mass is 16.5. The van der Waals surface area contributed by atoms with Crippen LogP contribution in [0.4, 0.5) is 0 Å². The topological polar surface area (TPSA) is 75.0 Å². The Balaban J connectivity index is 1.66. The standard InChI is InChI=1S/C18H17N3O2/c19-11-15-3-1-5-17(21-15)13-6-8-14(9-7-13)18(22)20-12-16-4-2-10-23-16/h1,3,5-9,16H,2,4,10,12H2,(H,20,22)/t16-/m1/s1. The number of nitriles is 1. The number of rotatable bonds is 4. The molecule has 1 aromatic heterocycles. The van der Waals surface area contributed by atoms with Crippen LogP contribution in [0.1, 0.15) is 28.9 Å². The van der Waals surface area contributed by atoms with Gasteiger partial charge in [-0.3, -0.25) is 4.79 Å². The fourth-order valence-corrected chi connectivity index (χ4v) is 2.56.